The molecule has 2 N–H and O–H groups in total. The molecule has 0 unspecified atom stereocenters. The van der Waals surface area contributed by atoms with Gasteiger partial charge in [-0.05, 0) is 38.8 Å². The third-order valence-corrected chi connectivity index (χ3v) is 3.73. The largest absolute Gasteiger partial charge is 0.342 e. The lowest BCUT2D eigenvalue weighted by Gasteiger charge is -2.14. The van der Waals surface area contributed by atoms with Crippen molar-refractivity contribution < 1.29 is 14.4 Å². The number of carbonyl (C=O) groups is 3. The second-order valence-electron chi connectivity index (χ2n) is 5.87. The summed E-state index contributed by atoms with van der Waals surface area (Å²) >= 11 is 0. The van der Waals surface area contributed by atoms with E-state index in [-0.39, 0.29) is 12.3 Å². The van der Waals surface area contributed by atoms with Crippen LogP contribution in [0.1, 0.15) is 31.7 Å². The number of hydrogen-bond acceptors (Lipinski definition) is 4. The molecule has 1 fully saturated rings. The van der Waals surface area contributed by atoms with Crippen molar-refractivity contribution >= 4 is 29.1 Å². The van der Waals surface area contributed by atoms with Gasteiger partial charge < -0.3 is 10.2 Å². The van der Waals surface area contributed by atoms with Gasteiger partial charge in [-0.3, -0.25) is 14.4 Å². The highest BCUT2D eigenvalue weighted by molar-refractivity contribution is 6.39. The Morgan fingerprint density at radius 1 is 1.08 bits per heavy atom. The maximum Gasteiger partial charge on any atom is 0.329 e. The highest BCUT2D eigenvalue weighted by Gasteiger charge is 2.18. The van der Waals surface area contributed by atoms with Crippen LogP contribution in [0.15, 0.2) is 29.4 Å². The topological polar surface area (TPSA) is 90.9 Å². The summed E-state index contributed by atoms with van der Waals surface area (Å²) in [5, 5.41) is 6.30. The first-order chi connectivity index (χ1) is 11.5. The number of anilines is 1. The van der Waals surface area contributed by atoms with Gasteiger partial charge in [0.15, 0.2) is 0 Å². The molecule has 0 radical (unpaired) electrons. The van der Waals surface area contributed by atoms with Crippen molar-refractivity contribution in [3.05, 3.63) is 29.8 Å². The molecular formula is C17H22N4O3. The average Bonchev–Trinajstić information content (AvgIpc) is 3.09. The van der Waals surface area contributed by atoms with E-state index in [1.165, 1.54) is 0 Å². The van der Waals surface area contributed by atoms with Crippen LogP contribution < -0.4 is 10.7 Å². The smallest absolute Gasteiger partial charge is 0.329 e. The van der Waals surface area contributed by atoms with Crippen LogP contribution in [-0.2, 0) is 14.4 Å². The number of hydrazone groups is 1. The van der Waals surface area contributed by atoms with Gasteiger partial charge in [-0.2, -0.15) is 5.10 Å². The molecule has 1 aromatic carbocycles. The number of hydrogen-bond donors (Lipinski definition) is 2. The number of amides is 3. The van der Waals surface area contributed by atoms with E-state index in [2.05, 4.69) is 15.8 Å². The Morgan fingerprint density at radius 2 is 1.71 bits per heavy atom. The molecule has 2 rings (SSSR count). The van der Waals surface area contributed by atoms with E-state index >= 15 is 0 Å². The van der Waals surface area contributed by atoms with Crippen molar-refractivity contribution in [1.29, 1.82) is 0 Å². The van der Waals surface area contributed by atoms with Crippen LogP contribution in [-0.4, -0.2) is 41.4 Å². The molecule has 1 saturated heterocycles. The van der Waals surface area contributed by atoms with Crippen LogP contribution in [0.5, 0.6) is 0 Å². The Morgan fingerprint density at radius 3 is 2.33 bits per heavy atom. The van der Waals surface area contributed by atoms with Gasteiger partial charge in [-0.25, -0.2) is 5.43 Å². The van der Waals surface area contributed by atoms with Gasteiger partial charge in [0, 0.05) is 24.5 Å². The van der Waals surface area contributed by atoms with Gasteiger partial charge in [-0.1, -0.05) is 17.7 Å². The second kappa shape index (κ2) is 8.24. The van der Waals surface area contributed by atoms with Crippen LogP contribution in [0.2, 0.25) is 0 Å². The summed E-state index contributed by atoms with van der Waals surface area (Å²) in [6.45, 7) is 5.13. The van der Waals surface area contributed by atoms with Gasteiger partial charge in [0.1, 0.15) is 0 Å². The Kier molecular flexibility index (Phi) is 6.06. The number of nitrogens with one attached hydrogen (secondary N) is 2. The molecule has 1 aromatic rings. The molecule has 24 heavy (non-hydrogen) atoms. The molecule has 1 heterocycles. The van der Waals surface area contributed by atoms with E-state index in [0.29, 0.717) is 11.4 Å². The van der Waals surface area contributed by atoms with Crippen LogP contribution in [0.25, 0.3) is 0 Å². The van der Waals surface area contributed by atoms with Gasteiger partial charge in [0.05, 0.1) is 6.42 Å². The minimum Gasteiger partial charge on any atom is -0.342 e. The summed E-state index contributed by atoms with van der Waals surface area (Å²) in [7, 11) is 0. The first-order valence-electron chi connectivity index (χ1n) is 7.94. The molecule has 0 spiro atoms. The molecule has 0 atom stereocenters. The van der Waals surface area contributed by atoms with Crippen LogP contribution in [0.3, 0.4) is 0 Å². The van der Waals surface area contributed by atoms with E-state index in [1.807, 2.05) is 19.1 Å². The third-order valence-electron chi connectivity index (χ3n) is 3.73. The summed E-state index contributed by atoms with van der Waals surface area (Å²) in [6.07, 6.45) is 2.19. The van der Waals surface area contributed by atoms with Gasteiger partial charge in [-0.15, -0.1) is 0 Å². The predicted octanol–water partition coefficient (Wildman–Crippen LogP) is 1.44. The van der Waals surface area contributed by atoms with Crippen molar-refractivity contribution in [1.82, 2.24) is 10.3 Å². The van der Waals surface area contributed by atoms with Crippen LogP contribution in [0.4, 0.5) is 5.69 Å². The molecule has 1 aliphatic heterocycles. The van der Waals surface area contributed by atoms with E-state index in [9.17, 15) is 14.4 Å². The fourth-order valence-corrected chi connectivity index (χ4v) is 2.36. The average molecular weight is 330 g/mol. The Labute approximate surface area is 141 Å². The molecule has 7 heteroatoms. The summed E-state index contributed by atoms with van der Waals surface area (Å²) in [5.74, 6) is -1.68. The van der Waals surface area contributed by atoms with Crippen LogP contribution >= 0.6 is 0 Å². The number of carbonyl (C=O) groups excluding carboxylic acids is 3. The molecule has 3 amide bonds. The normalized spacial score (nSPS) is 14.4. The van der Waals surface area contributed by atoms with Crippen LogP contribution in [0, 0.1) is 6.92 Å². The van der Waals surface area contributed by atoms with Crippen molar-refractivity contribution in [2.75, 3.05) is 18.4 Å². The fraction of sp³-hybridized carbons (Fsp3) is 0.412. The first kappa shape index (κ1) is 17.7. The zero-order chi connectivity index (χ0) is 17.5. The lowest BCUT2D eigenvalue weighted by Crippen LogP contribution is -2.33. The van der Waals surface area contributed by atoms with Gasteiger partial charge >= 0.3 is 11.8 Å². The maximum atomic E-state index is 12.0. The monoisotopic (exact) mass is 330 g/mol. The van der Waals surface area contributed by atoms with Crippen molar-refractivity contribution in [3.63, 3.8) is 0 Å². The summed E-state index contributed by atoms with van der Waals surface area (Å²) in [4.78, 5) is 37.2. The molecular weight excluding hydrogens is 308 g/mol. The standard InChI is InChI=1S/C17H22N4O3/c1-12-5-7-14(8-6-12)18-16(23)17(24)20-19-13(2)11-15(22)21-9-3-4-10-21/h5-8H,3-4,9-11H2,1-2H3,(H,18,23)(H,20,24)/b19-13+. The maximum absolute atomic E-state index is 12.0. The van der Waals surface area contributed by atoms with Crippen molar-refractivity contribution in [2.24, 2.45) is 5.10 Å². The number of benzene rings is 1. The Bertz CT molecular complexity index is 646. The van der Waals surface area contributed by atoms with E-state index in [4.69, 9.17) is 0 Å². The summed E-state index contributed by atoms with van der Waals surface area (Å²) in [6, 6.07) is 7.09. The first-order valence-corrected chi connectivity index (χ1v) is 7.94. The Balaban J connectivity index is 1.80. The summed E-state index contributed by atoms with van der Waals surface area (Å²) < 4.78 is 0. The van der Waals surface area contributed by atoms with Gasteiger partial charge in [0.2, 0.25) is 5.91 Å². The Hall–Kier alpha value is -2.70. The zero-order valence-corrected chi connectivity index (χ0v) is 14.0. The van der Waals surface area contributed by atoms with Crippen molar-refractivity contribution in [3.8, 4) is 0 Å². The predicted molar refractivity (Wildman–Crippen MR) is 91.5 cm³/mol. The quantitative estimate of drug-likeness (QED) is 0.497. The molecule has 0 aliphatic carbocycles. The minimum absolute atomic E-state index is 0.00731. The SMILES string of the molecule is C/C(CC(=O)N1CCCC1)=N\NC(=O)C(=O)Nc1ccc(C)cc1. The molecule has 0 bridgehead atoms. The molecule has 128 valence electrons. The third kappa shape index (κ3) is 5.19. The number of aryl methyl sites for hydroxylation is 1. The molecule has 0 aromatic heterocycles. The fourth-order valence-electron chi connectivity index (χ4n) is 2.36. The zero-order valence-electron chi connectivity index (χ0n) is 14.0. The second-order valence-corrected chi connectivity index (χ2v) is 5.87. The minimum atomic E-state index is -0.872. The van der Waals surface area contributed by atoms with E-state index < -0.39 is 11.8 Å². The lowest BCUT2D eigenvalue weighted by atomic mass is 10.2. The lowest BCUT2D eigenvalue weighted by molar-refractivity contribution is -0.136. The molecule has 0 saturated carbocycles. The van der Waals surface area contributed by atoms with Crippen molar-refractivity contribution in [2.45, 2.75) is 33.1 Å². The van der Waals surface area contributed by atoms with Gasteiger partial charge in [0.25, 0.3) is 0 Å². The molecule has 1 aliphatic rings. The molecule has 7 nitrogen and oxygen atoms in total. The highest BCUT2D eigenvalue weighted by Crippen LogP contribution is 2.09. The highest BCUT2D eigenvalue weighted by atomic mass is 16.2. The number of rotatable bonds is 4. The number of likely N-dealkylation sites (tertiary alicyclic amines) is 1. The van der Waals surface area contributed by atoms with E-state index in [0.717, 1.165) is 31.5 Å². The van der Waals surface area contributed by atoms with E-state index in [1.54, 1.807) is 24.0 Å². The summed E-state index contributed by atoms with van der Waals surface area (Å²) in [5.41, 5.74) is 4.23. The number of nitrogens with zero attached hydrogens (tertiary/aromatic N) is 2.